The molecular weight excluding hydrogens is 298 g/mol. The number of allylic oxidation sites excluding steroid dienone is 1. The normalized spacial score (nSPS) is 30.1. The van der Waals surface area contributed by atoms with Crippen LogP contribution < -0.4 is 5.32 Å². The highest BCUT2D eigenvalue weighted by Crippen LogP contribution is 2.44. The first kappa shape index (κ1) is 17.7. The second-order valence-corrected chi connectivity index (χ2v) is 6.98. The number of aliphatic hydroxyl groups is 2. The molecule has 2 bridgehead atoms. The van der Waals surface area contributed by atoms with Gasteiger partial charge in [0, 0.05) is 11.5 Å². The van der Waals surface area contributed by atoms with E-state index in [4.69, 9.17) is 4.74 Å². The minimum atomic E-state index is -1.35. The van der Waals surface area contributed by atoms with Gasteiger partial charge in [0.1, 0.15) is 12.7 Å². The molecule has 2 rings (SSSR count). The second-order valence-electron chi connectivity index (χ2n) is 6.98. The van der Waals surface area contributed by atoms with Crippen molar-refractivity contribution >= 4 is 11.9 Å². The highest BCUT2D eigenvalue weighted by atomic mass is 16.5. The van der Waals surface area contributed by atoms with E-state index in [2.05, 4.69) is 11.9 Å². The first-order chi connectivity index (χ1) is 10.8. The average Bonchev–Trinajstić information content (AvgIpc) is 3.12. The van der Waals surface area contributed by atoms with Crippen molar-refractivity contribution in [3.63, 3.8) is 0 Å². The number of carbonyl (C=O) groups excluding carboxylic acids is 2. The molecule has 0 unspecified atom stereocenters. The summed E-state index contributed by atoms with van der Waals surface area (Å²) in [6.45, 7) is 6.55. The summed E-state index contributed by atoms with van der Waals surface area (Å²) in [6.07, 6.45) is 4.93. The molecule has 0 spiro atoms. The van der Waals surface area contributed by atoms with E-state index in [1.165, 1.54) is 6.08 Å². The lowest BCUT2D eigenvalue weighted by molar-refractivity contribution is -0.150. The Morgan fingerprint density at radius 1 is 1.43 bits per heavy atom. The molecular formula is C17H25NO5. The third kappa shape index (κ3) is 3.48. The molecule has 2 aliphatic rings. The first-order valence-electron chi connectivity index (χ1n) is 7.87. The summed E-state index contributed by atoms with van der Waals surface area (Å²) in [6, 6.07) is -0.390. The third-order valence-electron chi connectivity index (χ3n) is 4.78. The van der Waals surface area contributed by atoms with Crippen molar-refractivity contribution in [2.24, 2.45) is 23.2 Å². The number of esters is 1. The molecule has 1 amide bonds. The van der Waals surface area contributed by atoms with Crippen LogP contribution in [0, 0.1) is 23.2 Å². The number of ether oxygens (including phenoxy) is 1. The zero-order valence-electron chi connectivity index (χ0n) is 13.6. The number of amides is 1. The van der Waals surface area contributed by atoms with Crippen molar-refractivity contribution in [3.05, 3.63) is 24.8 Å². The predicted octanol–water partition coefficient (Wildman–Crippen LogP) is 0.402. The van der Waals surface area contributed by atoms with Crippen LogP contribution in [0.1, 0.15) is 20.3 Å². The van der Waals surface area contributed by atoms with Crippen molar-refractivity contribution in [3.8, 4) is 0 Å². The molecule has 1 fully saturated rings. The van der Waals surface area contributed by atoms with Crippen molar-refractivity contribution in [1.82, 2.24) is 5.32 Å². The zero-order valence-corrected chi connectivity index (χ0v) is 13.6. The number of fused-ring (bicyclic) bond motifs is 2. The quantitative estimate of drug-likeness (QED) is 0.466. The highest BCUT2D eigenvalue weighted by Gasteiger charge is 2.50. The van der Waals surface area contributed by atoms with Gasteiger partial charge in [-0.2, -0.15) is 0 Å². The summed E-state index contributed by atoms with van der Waals surface area (Å²) < 4.78 is 5.14. The summed E-state index contributed by atoms with van der Waals surface area (Å²) in [5.41, 5.74) is -0.948. The molecule has 128 valence electrons. The van der Waals surface area contributed by atoms with Crippen molar-refractivity contribution in [2.75, 3.05) is 13.2 Å². The lowest BCUT2D eigenvalue weighted by Crippen LogP contribution is -2.53. The fourth-order valence-electron chi connectivity index (χ4n) is 3.26. The Morgan fingerprint density at radius 2 is 2.09 bits per heavy atom. The zero-order chi connectivity index (χ0) is 17.2. The Balaban J connectivity index is 2.08. The van der Waals surface area contributed by atoms with Gasteiger partial charge in [0.2, 0.25) is 5.91 Å². The Morgan fingerprint density at radius 3 is 2.70 bits per heavy atom. The van der Waals surface area contributed by atoms with Crippen LogP contribution in [0.2, 0.25) is 0 Å². The van der Waals surface area contributed by atoms with Gasteiger partial charge >= 0.3 is 5.97 Å². The van der Waals surface area contributed by atoms with Gasteiger partial charge in [0.05, 0.1) is 12.5 Å². The summed E-state index contributed by atoms with van der Waals surface area (Å²) >= 11 is 0. The molecule has 23 heavy (non-hydrogen) atoms. The van der Waals surface area contributed by atoms with Crippen molar-refractivity contribution in [1.29, 1.82) is 0 Å². The molecule has 1 saturated carbocycles. The van der Waals surface area contributed by atoms with E-state index in [-0.39, 0.29) is 37.1 Å². The van der Waals surface area contributed by atoms with Gasteiger partial charge in [0.15, 0.2) is 0 Å². The van der Waals surface area contributed by atoms with Gasteiger partial charge in [-0.25, -0.2) is 0 Å². The van der Waals surface area contributed by atoms with Crippen LogP contribution >= 0.6 is 0 Å². The van der Waals surface area contributed by atoms with E-state index in [9.17, 15) is 19.8 Å². The molecule has 0 aliphatic heterocycles. The molecule has 0 radical (unpaired) electrons. The Bertz CT molecular complexity index is 513. The van der Waals surface area contributed by atoms with E-state index < -0.39 is 23.3 Å². The fourth-order valence-corrected chi connectivity index (χ4v) is 3.26. The Kier molecular flexibility index (Phi) is 5.26. The van der Waals surface area contributed by atoms with Gasteiger partial charge in [-0.15, -0.1) is 0 Å². The SMILES string of the molecule is C=CCOC(=O)[C@@H]1[C@H](NC(=O)[C@H](O)C(C)(C)CO)[C@H]2C=C[C@@H]1C2. The number of aliphatic hydroxyl groups excluding tert-OH is 2. The fraction of sp³-hybridized carbons (Fsp3) is 0.647. The summed E-state index contributed by atoms with van der Waals surface area (Å²) in [5, 5.41) is 22.2. The van der Waals surface area contributed by atoms with E-state index >= 15 is 0 Å². The number of hydrogen-bond acceptors (Lipinski definition) is 5. The molecule has 6 heteroatoms. The molecule has 0 aromatic carbocycles. The average molecular weight is 323 g/mol. The summed E-state index contributed by atoms with van der Waals surface area (Å²) in [5.74, 6) is -1.27. The maximum atomic E-state index is 12.3. The van der Waals surface area contributed by atoms with Crippen LogP contribution in [-0.2, 0) is 14.3 Å². The van der Waals surface area contributed by atoms with E-state index in [0.717, 1.165) is 6.42 Å². The van der Waals surface area contributed by atoms with Crippen molar-refractivity contribution < 1.29 is 24.5 Å². The van der Waals surface area contributed by atoms with Gasteiger partial charge in [0.25, 0.3) is 0 Å². The first-order valence-corrected chi connectivity index (χ1v) is 7.87. The lowest BCUT2D eigenvalue weighted by atomic mass is 9.85. The monoisotopic (exact) mass is 323 g/mol. The van der Waals surface area contributed by atoms with Crippen LogP contribution in [0.25, 0.3) is 0 Å². The minimum Gasteiger partial charge on any atom is -0.461 e. The summed E-state index contributed by atoms with van der Waals surface area (Å²) in [7, 11) is 0. The molecule has 0 aromatic heterocycles. The van der Waals surface area contributed by atoms with Gasteiger partial charge in [-0.1, -0.05) is 38.7 Å². The van der Waals surface area contributed by atoms with Crippen LogP contribution in [0.5, 0.6) is 0 Å². The van der Waals surface area contributed by atoms with Crippen LogP contribution in [0.4, 0.5) is 0 Å². The molecule has 3 N–H and O–H groups in total. The number of carbonyl (C=O) groups is 2. The van der Waals surface area contributed by atoms with E-state index in [1.807, 2.05) is 12.2 Å². The molecule has 6 nitrogen and oxygen atoms in total. The van der Waals surface area contributed by atoms with Crippen LogP contribution in [0.3, 0.4) is 0 Å². The second kappa shape index (κ2) is 6.84. The third-order valence-corrected chi connectivity index (χ3v) is 4.78. The minimum absolute atomic E-state index is 0.0469. The van der Waals surface area contributed by atoms with Gasteiger partial charge in [-0.05, 0) is 18.3 Å². The number of nitrogens with one attached hydrogen (secondary N) is 1. The van der Waals surface area contributed by atoms with Crippen LogP contribution in [0.15, 0.2) is 24.8 Å². The molecule has 2 aliphatic carbocycles. The van der Waals surface area contributed by atoms with E-state index in [1.54, 1.807) is 13.8 Å². The smallest absolute Gasteiger partial charge is 0.311 e. The highest BCUT2D eigenvalue weighted by molar-refractivity contribution is 5.83. The maximum absolute atomic E-state index is 12.3. The Labute approximate surface area is 136 Å². The van der Waals surface area contributed by atoms with Gasteiger partial charge < -0.3 is 20.3 Å². The standard InChI is InChI=1S/C17H25NO5/c1-4-7-23-16(22)12-10-5-6-11(8-10)13(12)18-15(21)14(20)17(2,3)9-19/h4-6,10-14,19-20H,1,7-9H2,2-3H3,(H,18,21)/t10-,11+,12+,13-,14+/m1/s1. The van der Waals surface area contributed by atoms with Crippen molar-refractivity contribution in [2.45, 2.75) is 32.4 Å². The molecule has 0 aromatic rings. The maximum Gasteiger partial charge on any atom is 0.311 e. The number of rotatable bonds is 7. The topological polar surface area (TPSA) is 95.9 Å². The molecule has 0 heterocycles. The predicted molar refractivity (Wildman–Crippen MR) is 84.2 cm³/mol. The molecule has 5 atom stereocenters. The largest absolute Gasteiger partial charge is 0.461 e. The number of hydrogen-bond donors (Lipinski definition) is 3. The van der Waals surface area contributed by atoms with Gasteiger partial charge in [-0.3, -0.25) is 9.59 Å². The van der Waals surface area contributed by atoms with Crippen LogP contribution in [-0.4, -0.2) is 47.4 Å². The lowest BCUT2D eigenvalue weighted by Gasteiger charge is -2.32. The Hall–Kier alpha value is -1.66. The summed E-state index contributed by atoms with van der Waals surface area (Å²) in [4.78, 5) is 24.5. The van der Waals surface area contributed by atoms with E-state index in [0.29, 0.717) is 0 Å². The molecule has 0 saturated heterocycles.